The van der Waals surface area contributed by atoms with Gasteiger partial charge in [0.1, 0.15) is 18.1 Å². The number of methoxy groups -OCH3 is 1. The number of hydrogen-bond acceptors (Lipinski definition) is 6. The Kier molecular flexibility index (Phi) is 3.40. The summed E-state index contributed by atoms with van der Waals surface area (Å²) < 4.78 is 11.8. The van der Waals surface area contributed by atoms with Crippen LogP contribution in [0.2, 0.25) is 0 Å². The summed E-state index contributed by atoms with van der Waals surface area (Å²) in [6.45, 7) is 4.03. The zero-order valence-electron chi connectivity index (χ0n) is 10.5. The Morgan fingerprint density at radius 1 is 1.44 bits per heavy atom. The molecule has 0 amide bonds. The molecule has 0 saturated heterocycles. The van der Waals surface area contributed by atoms with Gasteiger partial charge in [-0.25, -0.2) is 9.78 Å². The van der Waals surface area contributed by atoms with E-state index >= 15 is 0 Å². The number of esters is 1. The average Bonchev–Trinajstić information content (AvgIpc) is 2.97. The van der Waals surface area contributed by atoms with Gasteiger partial charge in [0.15, 0.2) is 0 Å². The lowest BCUT2D eigenvalue weighted by molar-refractivity contribution is 0.0588. The normalized spacial score (nSPS) is 10.6. The van der Waals surface area contributed by atoms with Crippen LogP contribution in [0.1, 0.15) is 35.0 Å². The Morgan fingerprint density at radius 3 is 2.78 bits per heavy atom. The highest BCUT2D eigenvalue weighted by Crippen LogP contribution is 2.10. The maximum absolute atomic E-state index is 11.5. The summed E-state index contributed by atoms with van der Waals surface area (Å²) in [6.07, 6.45) is 2.15. The second kappa shape index (κ2) is 4.99. The van der Waals surface area contributed by atoms with Gasteiger partial charge in [-0.3, -0.25) is 0 Å². The van der Waals surface area contributed by atoms with E-state index in [1.807, 2.05) is 6.92 Å². The van der Waals surface area contributed by atoms with Crippen LogP contribution in [0, 0.1) is 6.92 Å². The molecule has 0 spiro atoms. The molecule has 0 atom stereocenters. The number of carbonyl (C=O) groups is 1. The SMILES string of the molecule is CCc1nnc(Cn2c(C(=O)OC)cnc2C)o1. The van der Waals surface area contributed by atoms with Gasteiger partial charge >= 0.3 is 5.97 Å². The number of aromatic nitrogens is 4. The Bertz CT molecular complexity index is 558. The Labute approximate surface area is 104 Å². The zero-order valence-corrected chi connectivity index (χ0v) is 10.5. The number of carbonyl (C=O) groups excluding carboxylic acids is 1. The minimum Gasteiger partial charge on any atom is -0.464 e. The largest absolute Gasteiger partial charge is 0.464 e. The Hall–Kier alpha value is -2.18. The van der Waals surface area contributed by atoms with Gasteiger partial charge in [-0.05, 0) is 6.92 Å². The highest BCUT2D eigenvalue weighted by molar-refractivity contribution is 5.87. The lowest BCUT2D eigenvalue weighted by Crippen LogP contribution is -2.12. The van der Waals surface area contributed by atoms with Gasteiger partial charge in [-0.1, -0.05) is 6.92 Å². The molecule has 2 rings (SSSR count). The summed E-state index contributed by atoms with van der Waals surface area (Å²) in [6, 6.07) is 0. The van der Waals surface area contributed by atoms with E-state index in [4.69, 9.17) is 4.42 Å². The lowest BCUT2D eigenvalue weighted by atomic mass is 10.4. The van der Waals surface area contributed by atoms with Crippen LogP contribution >= 0.6 is 0 Å². The van der Waals surface area contributed by atoms with E-state index in [1.54, 1.807) is 11.5 Å². The van der Waals surface area contributed by atoms with E-state index in [0.29, 0.717) is 36.3 Å². The molecule has 7 nitrogen and oxygen atoms in total. The van der Waals surface area contributed by atoms with E-state index in [0.717, 1.165) is 0 Å². The monoisotopic (exact) mass is 250 g/mol. The molecule has 7 heteroatoms. The summed E-state index contributed by atoms with van der Waals surface area (Å²) in [4.78, 5) is 15.6. The lowest BCUT2D eigenvalue weighted by Gasteiger charge is -2.05. The number of hydrogen-bond donors (Lipinski definition) is 0. The minimum absolute atomic E-state index is 0.309. The van der Waals surface area contributed by atoms with Crippen molar-refractivity contribution in [2.45, 2.75) is 26.8 Å². The molecule has 2 aromatic heterocycles. The van der Waals surface area contributed by atoms with Crippen LogP contribution in [-0.4, -0.2) is 32.8 Å². The molecule has 0 fully saturated rings. The average molecular weight is 250 g/mol. The molecular weight excluding hydrogens is 236 g/mol. The predicted octanol–water partition coefficient (Wildman–Crippen LogP) is 0.972. The Morgan fingerprint density at radius 2 is 2.17 bits per heavy atom. The number of rotatable bonds is 4. The molecule has 0 aliphatic rings. The predicted molar refractivity (Wildman–Crippen MR) is 61.1 cm³/mol. The zero-order chi connectivity index (χ0) is 13.1. The van der Waals surface area contributed by atoms with Crippen molar-refractivity contribution in [3.8, 4) is 0 Å². The quantitative estimate of drug-likeness (QED) is 0.752. The molecule has 0 radical (unpaired) electrons. The van der Waals surface area contributed by atoms with E-state index < -0.39 is 5.97 Å². The van der Waals surface area contributed by atoms with Gasteiger partial charge in [-0.15, -0.1) is 10.2 Å². The van der Waals surface area contributed by atoms with Crippen molar-refractivity contribution in [3.05, 3.63) is 29.5 Å². The molecular formula is C11H14N4O3. The van der Waals surface area contributed by atoms with Crippen LogP contribution < -0.4 is 0 Å². The highest BCUT2D eigenvalue weighted by Gasteiger charge is 2.17. The van der Waals surface area contributed by atoms with Gasteiger partial charge in [0.2, 0.25) is 11.8 Å². The van der Waals surface area contributed by atoms with Crippen LogP contribution in [0.15, 0.2) is 10.6 Å². The molecule has 0 aliphatic heterocycles. The van der Waals surface area contributed by atoms with Crippen molar-refractivity contribution in [3.63, 3.8) is 0 Å². The van der Waals surface area contributed by atoms with Crippen LogP contribution in [0.25, 0.3) is 0 Å². The second-order valence-electron chi connectivity index (χ2n) is 3.71. The summed E-state index contributed by atoms with van der Waals surface area (Å²) >= 11 is 0. The maximum atomic E-state index is 11.5. The van der Waals surface area contributed by atoms with Gasteiger partial charge in [-0.2, -0.15) is 0 Å². The van der Waals surface area contributed by atoms with E-state index in [-0.39, 0.29) is 0 Å². The van der Waals surface area contributed by atoms with Crippen LogP contribution in [0.4, 0.5) is 0 Å². The van der Waals surface area contributed by atoms with Gasteiger partial charge in [0.05, 0.1) is 13.3 Å². The molecule has 0 unspecified atom stereocenters. The third-order valence-corrected chi connectivity index (χ3v) is 2.55. The van der Waals surface area contributed by atoms with Crippen molar-refractivity contribution in [1.82, 2.24) is 19.7 Å². The van der Waals surface area contributed by atoms with Gasteiger partial charge in [0, 0.05) is 6.42 Å². The first-order valence-electron chi connectivity index (χ1n) is 5.57. The van der Waals surface area contributed by atoms with Gasteiger partial charge < -0.3 is 13.7 Å². The number of imidazole rings is 1. The molecule has 18 heavy (non-hydrogen) atoms. The topological polar surface area (TPSA) is 83.0 Å². The van der Waals surface area contributed by atoms with E-state index in [2.05, 4.69) is 19.9 Å². The van der Waals surface area contributed by atoms with Crippen LogP contribution in [-0.2, 0) is 17.7 Å². The fourth-order valence-corrected chi connectivity index (χ4v) is 1.57. The van der Waals surface area contributed by atoms with Crippen molar-refractivity contribution in [2.24, 2.45) is 0 Å². The van der Waals surface area contributed by atoms with Crippen LogP contribution in [0.5, 0.6) is 0 Å². The molecule has 0 N–H and O–H groups in total. The van der Waals surface area contributed by atoms with Crippen molar-refractivity contribution < 1.29 is 13.9 Å². The summed E-state index contributed by atoms with van der Waals surface area (Å²) in [5.41, 5.74) is 0.367. The minimum atomic E-state index is -0.439. The fourth-order valence-electron chi connectivity index (χ4n) is 1.57. The molecule has 0 aromatic carbocycles. The van der Waals surface area contributed by atoms with Crippen molar-refractivity contribution >= 4 is 5.97 Å². The summed E-state index contributed by atoms with van der Waals surface area (Å²) in [5, 5.41) is 7.78. The third-order valence-electron chi connectivity index (χ3n) is 2.55. The number of ether oxygens (including phenoxy) is 1. The first-order chi connectivity index (χ1) is 8.65. The standard InChI is InChI=1S/C11H14N4O3/c1-4-9-13-14-10(18-9)6-15-7(2)12-5-8(15)11(16)17-3/h5H,4,6H2,1-3H3. The number of nitrogens with zero attached hydrogens (tertiary/aromatic N) is 4. The first-order valence-corrected chi connectivity index (χ1v) is 5.57. The third kappa shape index (κ3) is 2.24. The van der Waals surface area contributed by atoms with Crippen molar-refractivity contribution in [1.29, 1.82) is 0 Å². The number of aryl methyl sites for hydroxylation is 2. The molecule has 2 aromatic rings. The van der Waals surface area contributed by atoms with Crippen LogP contribution in [0.3, 0.4) is 0 Å². The molecule has 0 aliphatic carbocycles. The summed E-state index contributed by atoms with van der Waals surface area (Å²) in [7, 11) is 1.33. The molecule has 2 heterocycles. The fraction of sp³-hybridized carbons (Fsp3) is 0.455. The molecule has 0 bridgehead atoms. The van der Waals surface area contributed by atoms with E-state index in [9.17, 15) is 4.79 Å². The first kappa shape index (κ1) is 12.3. The van der Waals surface area contributed by atoms with Crippen molar-refractivity contribution in [2.75, 3.05) is 7.11 Å². The summed E-state index contributed by atoms with van der Waals surface area (Å²) in [5.74, 6) is 1.26. The van der Waals surface area contributed by atoms with E-state index in [1.165, 1.54) is 13.3 Å². The highest BCUT2D eigenvalue weighted by atomic mass is 16.5. The molecule has 96 valence electrons. The van der Waals surface area contributed by atoms with Gasteiger partial charge in [0.25, 0.3) is 0 Å². The molecule has 0 saturated carbocycles. The Balaban J connectivity index is 2.27. The second-order valence-corrected chi connectivity index (χ2v) is 3.71. The maximum Gasteiger partial charge on any atom is 0.356 e. The smallest absolute Gasteiger partial charge is 0.356 e.